The van der Waals surface area contributed by atoms with Crippen molar-refractivity contribution in [1.82, 2.24) is 19.1 Å². The number of primary amides is 1. The molecule has 0 saturated carbocycles. The van der Waals surface area contributed by atoms with E-state index in [0.29, 0.717) is 25.2 Å². The molecule has 1 saturated heterocycles. The highest BCUT2D eigenvalue weighted by atomic mass is 32.2. The Morgan fingerprint density at radius 2 is 1.59 bits per heavy atom. The Morgan fingerprint density at radius 1 is 0.973 bits per heavy atom. The molecule has 0 spiro atoms. The maximum Gasteiger partial charge on any atom is 0.416 e. The Hall–Kier alpha value is -3.72. The van der Waals surface area contributed by atoms with Crippen LogP contribution in [-0.2, 0) is 27.2 Å². The van der Waals surface area contributed by atoms with Crippen LogP contribution >= 0.6 is 0 Å². The summed E-state index contributed by atoms with van der Waals surface area (Å²) in [5, 5.41) is 3.86. The van der Waals surface area contributed by atoms with Crippen molar-refractivity contribution in [3.8, 4) is 11.4 Å². The quantitative estimate of drug-likeness (QED) is 0.374. The second-order valence-electron chi connectivity index (χ2n) is 8.04. The molecule has 1 aliphatic rings. The van der Waals surface area contributed by atoms with Crippen LogP contribution in [0, 0.1) is 0 Å². The van der Waals surface area contributed by atoms with Crippen molar-refractivity contribution < 1.29 is 39.6 Å². The molecule has 1 fully saturated rings. The smallest absolute Gasteiger partial charge is 0.366 e. The number of benzene rings is 2. The van der Waals surface area contributed by atoms with E-state index in [-0.39, 0.29) is 22.1 Å². The van der Waals surface area contributed by atoms with Crippen LogP contribution in [0.1, 0.15) is 23.1 Å². The summed E-state index contributed by atoms with van der Waals surface area (Å²) in [6.45, 7) is 0.719. The average molecular weight is 545 g/mol. The van der Waals surface area contributed by atoms with Gasteiger partial charge in [-0.1, -0.05) is 12.1 Å². The van der Waals surface area contributed by atoms with E-state index < -0.39 is 50.8 Å². The number of alkyl halides is 6. The first-order valence-electron chi connectivity index (χ1n) is 10.5. The van der Waals surface area contributed by atoms with Crippen molar-refractivity contribution in [2.75, 3.05) is 13.1 Å². The summed E-state index contributed by atoms with van der Waals surface area (Å²) in [4.78, 5) is 15.8. The fourth-order valence-electron chi connectivity index (χ4n) is 3.47. The van der Waals surface area contributed by atoms with E-state index >= 15 is 0 Å². The highest BCUT2D eigenvalue weighted by molar-refractivity contribution is 7.89. The average Bonchev–Trinajstić information content (AvgIpc) is 3.23. The maximum atomic E-state index is 13.2. The molecule has 1 aliphatic heterocycles. The van der Waals surface area contributed by atoms with E-state index in [0.717, 1.165) is 23.6 Å². The molecule has 0 bridgehead atoms. The number of hydrogen-bond donors (Lipinski definition) is 1. The zero-order valence-corrected chi connectivity index (χ0v) is 19.4. The van der Waals surface area contributed by atoms with Crippen molar-refractivity contribution in [3.05, 3.63) is 65.5 Å². The van der Waals surface area contributed by atoms with Crippen LogP contribution < -0.4 is 5.73 Å². The van der Waals surface area contributed by atoms with Gasteiger partial charge in [-0.15, -0.1) is 5.10 Å². The van der Waals surface area contributed by atoms with Crippen LogP contribution in [0.2, 0.25) is 0 Å². The summed E-state index contributed by atoms with van der Waals surface area (Å²) < 4.78 is 107. The van der Waals surface area contributed by atoms with Crippen molar-refractivity contribution in [2.45, 2.75) is 23.7 Å². The molecular formula is C22H17F6N5O3S. The van der Waals surface area contributed by atoms with Crippen LogP contribution in [-0.4, -0.2) is 46.5 Å². The minimum atomic E-state index is -5.06. The molecule has 2 N–H and O–H groups in total. The summed E-state index contributed by atoms with van der Waals surface area (Å²) in [6, 6.07) is 6.29. The molecule has 196 valence electrons. The first-order chi connectivity index (χ1) is 17.2. The van der Waals surface area contributed by atoms with Gasteiger partial charge in [0.05, 0.1) is 21.6 Å². The topological polar surface area (TPSA) is 111 Å². The lowest BCUT2D eigenvalue weighted by Crippen LogP contribution is -2.41. The van der Waals surface area contributed by atoms with Crippen LogP contribution in [0.4, 0.5) is 26.3 Å². The van der Waals surface area contributed by atoms with Gasteiger partial charge in [0.15, 0.2) is 5.82 Å². The zero-order chi connectivity index (χ0) is 27.2. The molecular weight excluding hydrogens is 528 g/mol. The monoisotopic (exact) mass is 545 g/mol. The Balaban J connectivity index is 1.73. The molecule has 0 radical (unpaired) electrons. The van der Waals surface area contributed by atoms with Gasteiger partial charge in [-0.2, -0.15) is 30.6 Å². The summed E-state index contributed by atoms with van der Waals surface area (Å²) in [7, 11) is -3.79. The highest BCUT2D eigenvalue weighted by Crippen LogP contribution is 2.38. The van der Waals surface area contributed by atoms with Gasteiger partial charge in [0, 0.05) is 24.9 Å². The Labute approximate surface area is 206 Å². The fraction of sp³-hybridized carbons (Fsp3) is 0.227. The third-order valence-corrected chi connectivity index (χ3v) is 7.37. The van der Waals surface area contributed by atoms with Crippen molar-refractivity contribution in [1.29, 1.82) is 0 Å². The predicted molar refractivity (Wildman–Crippen MR) is 119 cm³/mol. The lowest BCUT2D eigenvalue weighted by molar-refractivity contribution is -0.143. The molecule has 3 aromatic rings. The first-order valence-corrected chi connectivity index (χ1v) is 11.9. The van der Waals surface area contributed by atoms with Gasteiger partial charge in [-0.25, -0.2) is 18.1 Å². The van der Waals surface area contributed by atoms with Crippen molar-refractivity contribution >= 4 is 27.7 Å². The lowest BCUT2D eigenvalue weighted by atomic mass is 10.0. The number of hydrogen-bond acceptors (Lipinski definition) is 5. The summed E-state index contributed by atoms with van der Waals surface area (Å²) >= 11 is 0. The minimum Gasteiger partial charge on any atom is -0.366 e. The van der Waals surface area contributed by atoms with Gasteiger partial charge in [0.2, 0.25) is 10.0 Å². The Kier molecular flexibility index (Phi) is 6.62. The number of amides is 1. The van der Waals surface area contributed by atoms with Gasteiger partial charge >= 0.3 is 12.4 Å². The zero-order valence-electron chi connectivity index (χ0n) is 18.6. The number of halogens is 6. The number of nitrogens with zero attached hydrogens (tertiary/aromatic N) is 4. The Morgan fingerprint density at radius 3 is 2.11 bits per heavy atom. The normalized spacial score (nSPS) is 15.5. The predicted octanol–water partition coefficient (Wildman–Crippen LogP) is 3.86. The van der Waals surface area contributed by atoms with Crippen LogP contribution in [0.15, 0.2) is 53.7 Å². The van der Waals surface area contributed by atoms with Gasteiger partial charge in [-0.3, -0.25) is 4.79 Å². The number of rotatable bonds is 6. The third kappa shape index (κ3) is 5.51. The molecule has 37 heavy (non-hydrogen) atoms. The van der Waals surface area contributed by atoms with E-state index in [1.54, 1.807) is 0 Å². The van der Waals surface area contributed by atoms with Crippen molar-refractivity contribution in [2.24, 2.45) is 5.73 Å². The largest absolute Gasteiger partial charge is 0.416 e. The molecule has 4 rings (SSSR count). The van der Waals surface area contributed by atoms with Gasteiger partial charge < -0.3 is 5.73 Å². The lowest BCUT2D eigenvalue weighted by Gasteiger charge is -2.29. The van der Waals surface area contributed by atoms with E-state index in [9.17, 15) is 39.6 Å². The van der Waals surface area contributed by atoms with Gasteiger partial charge in [-0.05, 0) is 42.3 Å². The number of aromatic nitrogens is 3. The minimum absolute atomic E-state index is 0.0210. The highest BCUT2D eigenvalue weighted by Gasteiger charge is 2.37. The van der Waals surface area contributed by atoms with Crippen molar-refractivity contribution in [3.63, 3.8) is 0 Å². The second-order valence-corrected chi connectivity index (χ2v) is 9.97. The fourth-order valence-corrected chi connectivity index (χ4v) is 5.03. The molecule has 1 amide bonds. The number of carbonyl (C=O) groups excluding carboxylic acids is 1. The SMILES string of the molecule is NC(=O)/C(=C/n1cnc(-c2cc(C(F)(F)F)cc(C(F)(F)F)c2)n1)c1cccc(S(=O)(=O)N2CCC2)c1. The van der Waals surface area contributed by atoms with Crippen LogP contribution in [0.3, 0.4) is 0 Å². The standard InChI is InChI=1S/C22H17F6N5O3S/c23-21(24,25)15-7-14(8-16(10-15)22(26,27)28)20-30-12-32(31-20)11-18(19(29)34)13-3-1-4-17(9-13)37(35,36)33-5-2-6-33/h1,3-4,7-12H,2,5-6H2,(H2,29,34)/b18-11+. The summed E-state index contributed by atoms with van der Waals surface area (Å²) in [6.07, 6.45) is -7.41. The van der Waals surface area contributed by atoms with Gasteiger partial charge in [0.1, 0.15) is 6.33 Å². The molecule has 15 heteroatoms. The Bertz CT molecular complexity index is 1460. The number of nitrogens with two attached hydrogens (primary N) is 1. The summed E-state index contributed by atoms with van der Waals surface area (Å²) in [5.41, 5.74) is 1.69. The maximum absolute atomic E-state index is 13.2. The molecule has 1 aromatic heterocycles. The molecule has 0 atom stereocenters. The first kappa shape index (κ1) is 26.3. The van der Waals surface area contributed by atoms with E-state index in [4.69, 9.17) is 5.73 Å². The van der Waals surface area contributed by atoms with Crippen LogP contribution in [0.5, 0.6) is 0 Å². The van der Waals surface area contributed by atoms with Crippen LogP contribution in [0.25, 0.3) is 23.2 Å². The van der Waals surface area contributed by atoms with E-state index in [2.05, 4.69) is 10.1 Å². The molecule has 0 unspecified atom stereocenters. The van der Waals surface area contributed by atoms with E-state index in [1.165, 1.54) is 28.6 Å². The molecule has 2 aromatic carbocycles. The molecule has 2 heterocycles. The van der Waals surface area contributed by atoms with Gasteiger partial charge in [0.25, 0.3) is 5.91 Å². The second kappa shape index (κ2) is 9.30. The molecule has 0 aliphatic carbocycles. The number of sulfonamides is 1. The van der Waals surface area contributed by atoms with E-state index in [1.807, 2.05) is 0 Å². The number of carbonyl (C=O) groups is 1. The molecule has 8 nitrogen and oxygen atoms in total. The summed E-state index contributed by atoms with van der Waals surface area (Å²) in [5.74, 6) is -1.47. The third-order valence-electron chi connectivity index (χ3n) is 5.48.